The standard InChI is InChI=1S/C17H19ClFN/c1-13(2)20(12-14-6-4-3-5-7-14)17-9-8-16(19)10-15(17)11-18/h3-10,13H,11-12H2,1-2H3. The summed E-state index contributed by atoms with van der Waals surface area (Å²) in [5.74, 6) is 0.0679. The average molecular weight is 292 g/mol. The van der Waals surface area contributed by atoms with Crippen molar-refractivity contribution in [3.63, 3.8) is 0 Å². The van der Waals surface area contributed by atoms with Gasteiger partial charge in [-0.2, -0.15) is 0 Å². The second-order valence-electron chi connectivity index (χ2n) is 5.11. The molecular formula is C17H19ClFN. The fourth-order valence-corrected chi connectivity index (χ4v) is 2.48. The molecule has 3 heteroatoms. The van der Waals surface area contributed by atoms with Gasteiger partial charge in [-0.15, -0.1) is 11.6 Å². The summed E-state index contributed by atoms with van der Waals surface area (Å²) in [6.07, 6.45) is 0. The third-order valence-electron chi connectivity index (χ3n) is 3.31. The van der Waals surface area contributed by atoms with Crippen LogP contribution in [0.3, 0.4) is 0 Å². The topological polar surface area (TPSA) is 3.24 Å². The minimum absolute atomic E-state index is 0.243. The van der Waals surface area contributed by atoms with Crippen LogP contribution in [0.5, 0.6) is 0 Å². The van der Waals surface area contributed by atoms with Gasteiger partial charge in [0.1, 0.15) is 5.82 Å². The van der Waals surface area contributed by atoms with E-state index in [4.69, 9.17) is 11.6 Å². The van der Waals surface area contributed by atoms with Crippen molar-refractivity contribution in [2.24, 2.45) is 0 Å². The number of halogens is 2. The van der Waals surface area contributed by atoms with Crippen LogP contribution in [0.25, 0.3) is 0 Å². The van der Waals surface area contributed by atoms with Crippen molar-refractivity contribution in [2.75, 3.05) is 4.90 Å². The summed E-state index contributed by atoms with van der Waals surface area (Å²) in [4.78, 5) is 2.24. The zero-order valence-electron chi connectivity index (χ0n) is 11.8. The van der Waals surface area contributed by atoms with Gasteiger partial charge in [-0.05, 0) is 43.2 Å². The molecule has 0 aliphatic rings. The molecule has 0 amide bonds. The van der Waals surface area contributed by atoms with Crippen LogP contribution in [0.1, 0.15) is 25.0 Å². The SMILES string of the molecule is CC(C)N(Cc1ccccc1)c1ccc(F)cc1CCl. The Labute approximate surface area is 125 Å². The molecule has 20 heavy (non-hydrogen) atoms. The molecular weight excluding hydrogens is 273 g/mol. The van der Waals surface area contributed by atoms with E-state index >= 15 is 0 Å². The van der Waals surface area contributed by atoms with Crippen molar-refractivity contribution in [1.82, 2.24) is 0 Å². The van der Waals surface area contributed by atoms with Crippen molar-refractivity contribution in [3.05, 3.63) is 65.5 Å². The predicted octanol–water partition coefficient (Wildman–Crippen LogP) is 4.98. The number of alkyl halides is 1. The molecule has 0 N–H and O–H groups in total. The van der Waals surface area contributed by atoms with E-state index in [1.165, 1.54) is 17.7 Å². The second kappa shape index (κ2) is 6.76. The summed E-state index contributed by atoms with van der Waals surface area (Å²) in [5.41, 5.74) is 3.06. The van der Waals surface area contributed by atoms with Crippen LogP contribution < -0.4 is 4.90 Å². The lowest BCUT2D eigenvalue weighted by Crippen LogP contribution is -2.31. The Hall–Kier alpha value is -1.54. The Kier molecular flexibility index (Phi) is 5.02. The maximum atomic E-state index is 13.3. The van der Waals surface area contributed by atoms with E-state index in [0.29, 0.717) is 11.9 Å². The molecule has 1 nitrogen and oxygen atoms in total. The number of nitrogens with zero attached hydrogens (tertiary/aromatic N) is 1. The molecule has 0 heterocycles. The Morgan fingerprint density at radius 3 is 2.40 bits per heavy atom. The van der Waals surface area contributed by atoms with Crippen LogP contribution in [-0.2, 0) is 12.4 Å². The first-order chi connectivity index (χ1) is 9.61. The molecule has 0 spiro atoms. The van der Waals surface area contributed by atoms with Gasteiger partial charge in [0.25, 0.3) is 0 Å². The van der Waals surface area contributed by atoms with Crippen molar-refractivity contribution in [1.29, 1.82) is 0 Å². The maximum absolute atomic E-state index is 13.3. The highest BCUT2D eigenvalue weighted by Crippen LogP contribution is 2.27. The molecule has 0 aliphatic carbocycles. The van der Waals surface area contributed by atoms with Crippen molar-refractivity contribution in [3.8, 4) is 0 Å². The van der Waals surface area contributed by atoms with E-state index < -0.39 is 0 Å². The average Bonchev–Trinajstić information content (AvgIpc) is 2.46. The van der Waals surface area contributed by atoms with Crippen LogP contribution in [0.15, 0.2) is 48.5 Å². The molecule has 0 atom stereocenters. The Balaban J connectivity index is 2.34. The van der Waals surface area contributed by atoms with E-state index in [1.807, 2.05) is 24.3 Å². The van der Waals surface area contributed by atoms with Gasteiger partial charge < -0.3 is 4.90 Å². The second-order valence-corrected chi connectivity index (χ2v) is 5.38. The fourth-order valence-electron chi connectivity index (χ4n) is 2.27. The lowest BCUT2D eigenvalue weighted by molar-refractivity contribution is 0.623. The maximum Gasteiger partial charge on any atom is 0.123 e. The first-order valence-electron chi connectivity index (χ1n) is 6.76. The van der Waals surface area contributed by atoms with E-state index in [-0.39, 0.29) is 5.82 Å². The summed E-state index contributed by atoms with van der Waals surface area (Å²) in [5, 5.41) is 0. The predicted molar refractivity (Wildman–Crippen MR) is 83.7 cm³/mol. The highest BCUT2D eigenvalue weighted by Gasteiger charge is 2.15. The molecule has 0 radical (unpaired) electrons. The zero-order chi connectivity index (χ0) is 14.5. The van der Waals surface area contributed by atoms with Gasteiger partial charge in [0.15, 0.2) is 0 Å². The summed E-state index contributed by atoms with van der Waals surface area (Å²) < 4.78 is 13.3. The van der Waals surface area contributed by atoms with Gasteiger partial charge in [-0.3, -0.25) is 0 Å². The molecule has 0 fully saturated rings. The Bertz CT molecular complexity index is 554. The van der Waals surface area contributed by atoms with Crippen LogP contribution in [0.4, 0.5) is 10.1 Å². The minimum Gasteiger partial charge on any atom is -0.365 e. The van der Waals surface area contributed by atoms with Gasteiger partial charge >= 0.3 is 0 Å². The molecule has 0 bridgehead atoms. The van der Waals surface area contributed by atoms with E-state index in [2.05, 4.69) is 30.9 Å². The van der Waals surface area contributed by atoms with Gasteiger partial charge in [0.05, 0.1) is 0 Å². The summed E-state index contributed by atoms with van der Waals surface area (Å²) in [6, 6.07) is 15.4. The van der Waals surface area contributed by atoms with Crippen molar-refractivity contribution in [2.45, 2.75) is 32.3 Å². The highest BCUT2D eigenvalue weighted by atomic mass is 35.5. The van der Waals surface area contributed by atoms with Crippen LogP contribution >= 0.6 is 11.6 Å². The molecule has 0 unspecified atom stereocenters. The monoisotopic (exact) mass is 291 g/mol. The summed E-state index contributed by atoms with van der Waals surface area (Å²) in [6.45, 7) is 5.04. The molecule has 0 aliphatic heterocycles. The van der Waals surface area contributed by atoms with Crippen molar-refractivity contribution < 1.29 is 4.39 Å². The Morgan fingerprint density at radius 2 is 1.80 bits per heavy atom. The fraction of sp³-hybridized carbons (Fsp3) is 0.294. The Morgan fingerprint density at radius 1 is 1.10 bits per heavy atom. The smallest absolute Gasteiger partial charge is 0.123 e. The van der Waals surface area contributed by atoms with E-state index in [0.717, 1.165) is 17.8 Å². The van der Waals surface area contributed by atoms with Gasteiger partial charge in [0, 0.05) is 24.2 Å². The van der Waals surface area contributed by atoms with E-state index in [1.54, 1.807) is 0 Å². The third-order valence-corrected chi connectivity index (χ3v) is 3.60. The van der Waals surface area contributed by atoms with Crippen LogP contribution in [0.2, 0.25) is 0 Å². The largest absolute Gasteiger partial charge is 0.365 e. The number of hydrogen-bond donors (Lipinski definition) is 0. The normalized spacial score (nSPS) is 10.8. The molecule has 2 aromatic rings. The molecule has 2 aromatic carbocycles. The van der Waals surface area contributed by atoms with Gasteiger partial charge in [-0.1, -0.05) is 30.3 Å². The quantitative estimate of drug-likeness (QED) is 0.702. The van der Waals surface area contributed by atoms with E-state index in [9.17, 15) is 4.39 Å². The third kappa shape index (κ3) is 3.51. The van der Waals surface area contributed by atoms with Crippen LogP contribution in [-0.4, -0.2) is 6.04 Å². The zero-order valence-corrected chi connectivity index (χ0v) is 12.6. The molecule has 0 saturated heterocycles. The first kappa shape index (κ1) is 14.9. The van der Waals surface area contributed by atoms with Gasteiger partial charge in [0.2, 0.25) is 0 Å². The summed E-state index contributed by atoms with van der Waals surface area (Å²) >= 11 is 5.96. The first-order valence-corrected chi connectivity index (χ1v) is 7.30. The van der Waals surface area contributed by atoms with Crippen LogP contribution in [0, 0.1) is 5.82 Å². The number of anilines is 1. The number of rotatable bonds is 5. The molecule has 2 rings (SSSR count). The number of hydrogen-bond acceptors (Lipinski definition) is 1. The lowest BCUT2D eigenvalue weighted by atomic mass is 10.1. The summed E-state index contributed by atoms with van der Waals surface area (Å²) in [7, 11) is 0. The lowest BCUT2D eigenvalue weighted by Gasteiger charge is -2.31. The van der Waals surface area contributed by atoms with Crippen molar-refractivity contribution >= 4 is 17.3 Å². The molecule has 0 saturated carbocycles. The molecule has 0 aromatic heterocycles. The van der Waals surface area contributed by atoms with Gasteiger partial charge in [-0.25, -0.2) is 4.39 Å². The minimum atomic E-state index is -0.243. The molecule has 106 valence electrons. The highest BCUT2D eigenvalue weighted by molar-refractivity contribution is 6.17. The number of benzene rings is 2.